The Kier molecular flexibility index (Phi) is 4.89. The quantitative estimate of drug-likeness (QED) is 0.772. The molecule has 0 N–H and O–H groups in total. The van der Waals surface area contributed by atoms with Gasteiger partial charge >= 0.3 is 0 Å². The molecule has 0 aliphatic carbocycles. The summed E-state index contributed by atoms with van der Waals surface area (Å²) in [5.74, 6) is 2.87. The van der Waals surface area contributed by atoms with Crippen LogP contribution in [0.1, 0.15) is 24.6 Å². The molecule has 3 aliphatic rings. The highest BCUT2D eigenvalue weighted by Crippen LogP contribution is 2.30. The summed E-state index contributed by atoms with van der Waals surface area (Å²) in [6.07, 6.45) is 6.76. The molecule has 25 heavy (non-hydrogen) atoms. The standard InChI is InChI=1S/C17H24N6O2/c1-24-8-5-15-20-16(25-21-15)12-22-9-13-3-4-14(22)11-23(10-13)17-18-6-2-7-19-17/h2,6-7,13-14H,3-5,8-12H2,1H3/t13-,14-/m1/s1. The summed E-state index contributed by atoms with van der Waals surface area (Å²) in [6.45, 7) is 4.35. The second-order valence-electron chi connectivity index (χ2n) is 6.83. The zero-order valence-corrected chi connectivity index (χ0v) is 14.5. The molecular weight excluding hydrogens is 320 g/mol. The van der Waals surface area contributed by atoms with Gasteiger partial charge in [0.2, 0.25) is 11.8 Å². The number of ether oxygens (including phenoxy) is 1. The fraction of sp³-hybridized carbons (Fsp3) is 0.647. The SMILES string of the molecule is COCCc1noc(CN2C[C@H]3CC[C@@H]2CN(c2ncccn2)C3)n1. The van der Waals surface area contributed by atoms with Crippen LogP contribution in [0.25, 0.3) is 0 Å². The van der Waals surface area contributed by atoms with Gasteiger partial charge in [0.15, 0.2) is 5.82 Å². The second kappa shape index (κ2) is 7.45. The van der Waals surface area contributed by atoms with Crippen molar-refractivity contribution in [2.75, 3.05) is 38.3 Å². The molecule has 0 saturated carbocycles. The van der Waals surface area contributed by atoms with Crippen LogP contribution in [0.3, 0.4) is 0 Å². The smallest absolute Gasteiger partial charge is 0.240 e. The third-order valence-electron chi connectivity index (χ3n) is 5.04. The van der Waals surface area contributed by atoms with Gasteiger partial charge in [-0.3, -0.25) is 4.90 Å². The van der Waals surface area contributed by atoms with Crippen LogP contribution in [0.4, 0.5) is 5.95 Å². The first-order valence-electron chi connectivity index (χ1n) is 8.88. The summed E-state index contributed by atoms with van der Waals surface area (Å²) in [5, 5.41) is 4.04. The van der Waals surface area contributed by atoms with Crippen LogP contribution in [0, 0.1) is 5.92 Å². The van der Waals surface area contributed by atoms with Crippen molar-refractivity contribution in [3.8, 4) is 0 Å². The number of hydrogen-bond acceptors (Lipinski definition) is 8. The Morgan fingerprint density at radius 2 is 2.08 bits per heavy atom. The predicted molar refractivity (Wildman–Crippen MR) is 91.0 cm³/mol. The van der Waals surface area contributed by atoms with Crippen molar-refractivity contribution in [3.05, 3.63) is 30.2 Å². The first-order chi connectivity index (χ1) is 12.3. The van der Waals surface area contributed by atoms with Crippen molar-refractivity contribution in [1.82, 2.24) is 25.0 Å². The van der Waals surface area contributed by atoms with E-state index in [0.29, 0.717) is 37.4 Å². The number of piperidine rings is 1. The molecule has 8 nitrogen and oxygen atoms in total. The molecule has 0 spiro atoms. The molecule has 0 radical (unpaired) electrons. The molecule has 2 aromatic heterocycles. The van der Waals surface area contributed by atoms with Crippen molar-refractivity contribution >= 4 is 5.95 Å². The highest BCUT2D eigenvalue weighted by molar-refractivity contribution is 5.30. The van der Waals surface area contributed by atoms with Crippen molar-refractivity contribution in [1.29, 1.82) is 0 Å². The fourth-order valence-corrected chi connectivity index (χ4v) is 3.81. The van der Waals surface area contributed by atoms with Crippen molar-refractivity contribution < 1.29 is 9.26 Å². The van der Waals surface area contributed by atoms with Gasteiger partial charge in [0.25, 0.3) is 0 Å². The van der Waals surface area contributed by atoms with Crippen LogP contribution in [0.2, 0.25) is 0 Å². The number of nitrogens with zero attached hydrogens (tertiary/aromatic N) is 6. The molecule has 2 atom stereocenters. The zero-order chi connectivity index (χ0) is 17.1. The van der Waals surface area contributed by atoms with E-state index in [1.165, 1.54) is 12.8 Å². The van der Waals surface area contributed by atoms with Crippen molar-refractivity contribution in [2.45, 2.75) is 31.8 Å². The largest absolute Gasteiger partial charge is 0.384 e. The summed E-state index contributed by atoms with van der Waals surface area (Å²) < 4.78 is 10.5. The summed E-state index contributed by atoms with van der Waals surface area (Å²) in [7, 11) is 1.68. The number of hydrogen-bond donors (Lipinski definition) is 0. The lowest BCUT2D eigenvalue weighted by molar-refractivity contribution is 0.112. The maximum absolute atomic E-state index is 5.43. The molecule has 3 fully saturated rings. The van der Waals surface area contributed by atoms with E-state index in [4.69, 9.17) is 9.26 Å². The number of aromatic nitrogens is 4. The molecule has 2 bridgehead atoms. The van der Waals surface area contributed by atoms with E-state index in [2.05, 4.69) is 29.9 Å². The minimum Gasteiger partial charge on any atom is -0.384 e. The monoisotopic (exact) mass is 344 g/mol. The first-order valence-corrected chi connectivity index (χ1v) is 8.88. The molecule has 3 saturated heterocycles. The highest BCUT2D eigenvalue weighted by atomic mass is 16.5. The molecule has 5 heterocycles. The van der Waals surface area contributed by atoms with E-state index in [1.54, 1.807) is 7.11 Å². The summed E-state index contributed by atoms with van der Waals surface area (Å²) in [6, 6.07) is 2.33. The molecule has 8 heteroatoms. The predicted octanol–water partition coefficient (Wildman–Crippen LogP) is 1.15. The van der Waals surface area contributed by atoms with Crippen molar-refractivity contribution in [3.63, 3.8) is 0 Å². The van der Waals surface area contributed by atoms with Crippen LogP contribution >= 0.6 is 0 Å². The molecule has 0 unspecified atom stereocenters. The van der Waals surface area contributed by atoms with Gasteiger partial charge in [0.05, 0.1) is 13.2 Å². The third kappa shape index (κ3) is 3.80. The van der Waals surface area contributed by atoms with Crippen LogP contribution in [-0.4, -0.2) is 64.4 Å². The number of rotatable bonds is 6. The van der Waals surface area contributed by atoms with Gasteiger partial charge in [-0.25, -0.2) is 9.97 Å². The Morgan fingerprint density at radius 1 is 1.20 bits per heavy atom. The summed E-state index contributed by atoms with van der Waals surface area (Å²) in [4.78, 5) is 18.1. The van der Waals surface area contributed by atoms with E-state index in [0.717, 1.165) is 31.4 Å². The maximum Gasteiger partial charge on any atom is 0.240 e. The lowest BCUT2D eigenvalue weighted by atomic mass is 9.95. The van der Waals surface area contributed by atoms with Gasteiger partial charge in [0, 0.05) is 51.6 Å². The highest BCUT2D eigenvalue weighted by Gasteiger charge is 2.36. The van der Waals surface area contributed by atoms with Crippen LogP contribution in [0.5, 0.6) is 0 Å². The molecule has 5 rings (SSSR count). The Morgan fingerprint density at radius 3 is 2.92 bits per heavy atom. The second-order valence-corrected chi connectivity index (χ2v) is 6.83. The Bertz CT molecular complexity index is 679. The molecule has 134 valence electrons. The number of fused-ring (bicyclic) bond motifs is 4. The molecular formula is C17H24N6O2. The summed E-state index contributed by atoms with van der Waals surface area (Å²) >= 11 is 0. The van der Waals surface area contributed by atoms with Crippen LogP contribution in [0.15, 0.2) is 23.0 Å². The van der Waals surface area contributed by atoms with Crippen molar-refractivity contribution in [2.24, 2.45) is 5.92 Å². The van der Waals surface area contributed by atoms with E-state index >= 15 is 0 Å². The topological polar surface area (TPSA) is 80.4 Å². The Hall–Kier alpha value is -2.06. The van der Waals surface area contributed by atoms with E-state index in [9.17, 15) is 0 Å². The van der Waals surface area contributed by atoms with Crippen LogP contribution < -0.4 is 4.90 Å². The summed E-state index contributed by atoms with van der Waals surface area (Å²) in [5.41, 5.74) is 0. The Labute approximate surface area is 147 Å². The van der Waals surface area contributed by atoms with Gasteiger partial charge in [0.1, 0.15) is 0 Å². The maximum atomic E-state index is 5.43. The van der Waals surface area contributed by atoms with Gasteiger partial charge < -0.3 is 14.2 Å². The molecule has 0 aromatic carbocycles. The van der Waals surface area contributed by atoms with Gasteiger partial charge in [-0.15, -0.1) is 0 Å². The lowest BCUT2D eigenvalue weighted by Crippen LogP contribution is -2.43. The molecule has 3 aliphatic heterocycles. The van der Waals surface area contributed by atoms with Crippen LogP contribution in [-0.2, 0) is 17.7 Å². The fourth-order valence-electron chi connectivity index (χ4n) is 3.81. The minimum absolute atomic E-state index is 0.469. The van der Waals surface area contributed by atoms with Gasteiger partial charge in [-0.05, 0) is 24.8 Å². The number of methoxy groups -OCH3 is 1. The van der Waals surface area contributed by atoms with E-state index < -0.39 is 0 Å². The number of anilines is 1. The van der Waals surface area contributed by atoms with E-state index in [1.807, 2.05) is 18.5 Å². The lowest BCUT2D eigenvalue weighted by Gasteiger charge is -2.34. The normalized spacial score (nSPS) is 23.8. The molecule has 0 amide bonds. The third-order valence-corrected chi connectivity index (χ3v) is 5.04. The zero-order valence-electron chi connectivity index (χ0n) is 14.5. The van der Waals surface area contributed by atoms with Gasteiger partial charge in [-0.1, -0.05) is 5.16 Å². The molecule has 2 aromatic rings. The van der Waals surface area contributed by atoms with Gasteiger partial charge in [-0.2, -0.15) is 4.98 Å². The Balaban J connectivity index is 1.43. The average Bonchev–Trinajstić information content (AvgIpc) is 2.89. The minimum atomic E-state index is 0.469. The first kappa shape index (κ1) is 16.4. The van der Waals surface area contributed by atoms with E-state index in [-0.39, 0.29) is 0 Å². The average molecular weight is 344 g/mol.